The molecule has 0 aliphatic carbocycles. The molecule has 2 aromatic rings. The molecule has 0 aromatic carbocycles. The molecule has 188 valence electrons. The molecule has 0 unspecified atom stereocenters. The van der Waals surface area contributed by atoms with Crippen LogP contribution in [-0.2, 0) is 4.74 Å². The van der Waals surface area contributed by atoms with E-state index in [1.54, 1.807) is 11.8 Å². The van der Waals surface area contributed by atoms with Gasteiger partial charge in [0.05, 0.1) is 24.5 Å². The molecular weight excluding hydrogens is 460 g/mol. The fraction of sp³-hybridized carbons (Fsp3) is 0.478. The van der Waals surface area contributed by atoms with Gasteiger partial charge in [-0.2, -0.15) is 5.26 Å². The Morgan fingerprint density at radius 3 is 2.63 bits per heavy atom. The van der Waals surface area contributed by atoms with Gasteiger partial charge in [-0.05, 0) is 31.4 Å². The van der Waals surface area contributed by atoms with Crippen LogP contribution in [0.2, 0.25) is 0 Å². The average Bonchev–Trinajstić information content (AvgIpc) is 2.81. The summed E-state index contributed by atoms with van der Waals surface area (Å²) in [5.74, 6) is -1.32. The molecule has 0 spiro atoms. The maximum Gasteiger partial charge on any atom is 0.404 e. The highest BCUT2D eigenvalue weighted by Crippen LogP contribution is 2.29. The number of nitrogens with one attached hydrogen (secondary N) is 3. The zero-order valence-electron chi connectivity index (χ0n) is 19.8. The molecule has 1 aliphatic heterocycles. The predicted octanol–water partition coefficient (Wildman–Crippen LogP) is 3.69. The third-order valence-electron chi connectivity index (χ3n) is 5.53. The van der Waals surface area contributed by atoms with Crippen molar-refractivity contribution in [2.24, 2.45) is 5.92 Å². The maximum atomic E-state index is 15.3. The van der Waals surface area contributed by atoms with Crippen molar-refractivity contribution in [2.45, 2.75) is 39.3 Å². The molecular formula is C23H29F2N7O3. The number of pyridine rings is 2. The second-order valence-electron chi connectivity index (χ2n) is 8.67. The molecule has 10 nitrogen and oxygen atoms in total. The molecule has 35 heavy (non-hydrogen) atoms. The second-order valence-corrected chi connectivity index (χ2v) is 8.67. The van der Waals surface area contributed by atoms with Crippen LogP contribution in [0, 0.1) is 28.9 Å². The Balaban J connectivity index is 1.91. The molecule has 3 heterocycles. The number of carboxylic acid groups (broad SMARTS) is 1. The Morgan fingerprint density at radius 2 is 2.00 bits per heavy atom. The monoisotopic (exact) mass is 489 g/mol. The number of anilines is 4. The van der Waals surface area contributed by atoms with Crippen molar-refractivity contribution < 1.29 is 23.4 Å². The molecule has 2 atom stereocenters. The van der Waals surface area contributed by atoms with Crippen molar-refractivity contribution >= 4 is 29.2 Å². The van der Waals surface area contributed by atoms with E-state index in [2.05, 4.69) is 25.9 Å². The highest BCUT2D eigenvalue weighted by atomic mass is 19.1. The van der Waals surface area contributed by atoms with Crippen LogP contribution in [0.25, 0.3) is 0 Å². The Bertz CT molecular complexity index is 1090. The van der Waals surface area contributed by atoms with Crippen LogP contribution in [0.4, 0.5) is 36.7 Å². The van der Waals surface area contributed by atoms with E-state index in [1.165, 1.54) is 12.3 Å². The summed E-state index contributed by atoms with van der Waals surface area (Å²) < 4.78 is 35.4. The van der Waals surface area contributed by atoms with Gasteiger partial charge >= 0.3 is 6.09 Å². The van der Waals surface area contributed by atoms with E-state index in [1.807, 2.05) is 19.9 Å². The van der Waals surface area contributed by atoms with Crippen molar-refractivity contribution in [3.05, 3.63) is 35.5 Å². The van der Waals surface area contributed by atoms with Crippen molar-refractivity contribution in [1.82, 2.24) is 15.3 Å². The first-order valence-electron chi connectivity index (χ1n) is 11.3. The smallest absolute Gasteiger partial charge is 0.404 e. The van der Waals surface area contributed by atoms with Gasteiger partial charge < -0.3 is 30.7 Å². The number of carbonyl (C=O) groups is 1. The van der Waals surface area contributed by atoms with Crippen LogP contribution < -0.4 is 20.9 Å². The summed E-state index contributed by atoms with van der Waals surface area (Å²) in [5, 5.41) is 26.7. The number of hydrogen-bond acceptors (Lipinski definition) is 8. The molecule has 4 N–H and O–H groups in total. The average molecular weight is 490 g/mol. The SMILES string of the molecule is CC(C)C[C@H](Nc1nc(Nc2ccnc(N3CCOCC3)c2F)c(C#N)cc1F)[C@H](C)NC(=O)O. The first-order valence-corrected chi connectivity index (χ1v) is 11.3. The third-order valence-corrected chi connectivity index (χ3v) is 5.53. The van der Waals surface area contributed by atoms with Gasteiger partial charge in [0.2, 0.25) is 0 Å². The Kier molecular flexibility index (Phi) is 8.59. The van der Waals surface area contributed by atoms with Crippen molar-refractivity contribution in [2.75, 3.05) is 41.8 Å². The second kappa shape index (κ2) is 11.6. The van der Waals surface area contributed by atoms with E-state index in [0.29, 0.717) is 32.7 Å². The molecule has 1 saturated heterocycles. The van der Waals surface area contributed by atoms with Crippen LogP contribution in [0.3, 0.4) is 0 Å². The van der Waals surface area contributed by atoms with Gasteiger partial charge in [-0.25, -0.2) is 23.5 Å². The highest BCUT2D eigenvalue weighted by Gasteiger charge is 2.24. The van der Waals surface area contributed by atoms with Crippen LogP contribution in [0.15, 0.2) is 18.3 Å². The van der Waals surface area contributed by atoms with E-state index in [-0.39, 0.29) is 34.6 Å². The van der Waals surface area contributed by atoms with Crippen LogP contribution in [0.1, 0.15) is 32.8 Å². The normalized spacial score (nSPS) is 15.3. The molecule has 2 aromatic heterocycles. The number of morpholine rings is 1. The number of hydrogen-bond donors (Lipinski definition) is 4. The first kappa shape index (κ1) is 25.9. The van der Waals surface area contributed by atoms with Crippen LogP contribution in [-0.4, -0.2) is 59.6 Å². The number of ether oxygens (including phenoxy) is 1. The Hall–Kier alpha value is -3.72. The zero-order valence-corrected chi connectivity index (χ0v) is 19.8. The van der Waals surface area contributed by atoms with E-state index in [9.17, 15) is 14.4 Å². The van der Waals surface area contributed by atoms with Gasteiger partial charge in [-0.15, -0.1) is 0 Å². The minimum atomic E-state index is -1.20. The topological polar surface area (TPSA) is 135 Å². The molecule has 12 heteroatoms. The predicted molar refractivity (Wildman–Crippen MR) is 127 cm³/mol. The number of nitriles is 1. The molecule has 0 bridgehead atoms. The quantitative estimate of drug-likeness (QED) is 0.416. The minimum absolute atomic E-state index is 0.0303. The van der Waals surface area contributed by atoms with Crippen molar-refractivity contribution in [3.8, 4) is 6.07 Å². The number of rotatable bonds is 9. The lowest BCUT2D eigenvalue weighted by Crippen LogP contribution is -2.45. The Morgan fingerprint density at radius 1 is 1.29 bits per heavy atom. The summed E-state index contributed by atoms with van der Waals surface area (Å²) >= 11 is 0. The van der Waals surface area contributed by atoms with Gasteiger partial charge in [-0.3, -0.25) is 0 Å². The zero-order chi connectivity index (χ0) is 25.5. The molecule has 3 rings (SSSR count). The van der Waals surface area contributed by atoms with Gasteiger partial charge in [0, 0.05) is 31.4 Å². The lowest BCUT2D eigenvalue weighted by molar-refractivity contribution is 0.122. The summed E-state index contributed by atoms with van der Waals surface area (Å²) in [4.78, 5) is 21.2. The van der Waals surface area contributed by atoms with Crippen molar-refractivity contribution in [1.29, 1.82) is 5.26 Å². The number of aromatic nitrogens is 2. The maximum absolute atomic E-state index is 15.3. The summed E-state index contributed by atoms with van der Waals surface area (Å²) in [5.41, 5.74) is -0.0861. The molecule has 0 radical (unpaired) electrons. The van der Waals surface area contributed by atoms with Gasteiger partial charge in [0.25, 0.3) is 0 Å². The highest BCUT2D eigenvalue weighted by molar-refractivity contribution is 5.68. The number of nitrogens with zero attached hydrogens (tertiary/aromatic N) is 4. The summed E-state index contributed by atoms with van der Waals surface area (Å²) in [7, 11) is 0. The van der Waals surface area contributed by atoms with Gasteiger partial charge in [0.1, 0.15) is 6.07 Å². The minimum Gasteiger partial charge on any atom is -0.465 e. The lowest BCUT2D eigenvalue weighted by Gasteiger charge is -2.28. The number of amides is 1. The first-order chi connectivity index (χ1) is 16.7. The summed E-state index contributed by atoms with van der Waals surface area (Å²) in [6, 6.07) is 3.23. The summed E-state index contributed by atoms with van der Waals surface area (Å²) in [6.45, 7) is 7.45. The van der Waals surface area contributed by atoms with Gasteiger partial charge in [0.15, 0.2) is 29.1 Å². The lowest BCUT2D eigenvalue weighted by atomic mass is 9.98. The van der Waals surface area contributed by atoms with E-state index >= 15 is 4.39 Å². The fourth-order valence-electron chi connectivity index (χ4n) is 3.79. The van der Waals surface area contributed by atoms with Crippen LogP contribution >= 0.6 is 0 Å². The molecule has 1 amide bonds. The third kappa shape index (κ3) is 6.66. The standard InChI is InChI=1S/C23H29F2N7O3/c1-13(2)10-18(14(3)28-23(33)34)30-21-16(24)11-15(12-26)20(31-21)29-17-4-5-27-22(19(17)25)32-6-8-35-9-7-32/h4-5,11,13-14,18,28H,6-10H2,1-3H3,(H,33,34)(H2,27,29,30,31)/t14-,18-/m0/s1. The Labute approximate surface area is 202 Å². The van der Waals surface area contributed by atoms with E-state index < -0.39 is 29.8 Å². The van der Waals surface area contributed by atoms with E-state index in [4.69, 9.17) is 9.84 Å². The summed E-state index contributed by atoms with van der Waals surface area (Å²) in [6.07, 6.45) is 0.753. The van der Waals surface area contributed by atoms with Gasteiger partial charge in [-0.1, -0.05) is 13.8 Å². The molecule has 1 fully saturated rings. The van der Waals surface area contributed by atoms with Crippen LogP contribution in [0.5, 0.6) is 0 Å². The fourth-order valence-corrected chi connectivity index (χ4v) is 3.79. The van der Waals surface area contributed by atoms with Crippen molar-refractivity contribution in [3.63, 3.8) is 0 Å². The number of halogens is 2. The molecule has 0 saturated carbocycles. The largest absolute Gasteiger partial charge is 0.465 e. The molecule has 1 aliphatic rings. The van der Waals surface area contributed by atoms with E-state index in [0.717, 1.165) is 6.07 Å².